The Morgan fingerprint density at radius 1 is 1.06 bits per heavy atom. The van der Waals surface area contributed by atoms with Crippen molar-refractivity contribution in [3.8, 4) is 23.0 Å². The fourth-order valence-electron chi connectivity index (χ4n) is 4.77. The van der Waals surface area contributed by atoms with Gasteiger partial charge in [-0.05, 0) is 67.3 Å². The van der Waals surface area contributed by atoms with Gasteiger partial charge in [-0.3, -0.25) is 4.79 Å². The van der Waals surface area contributed by atoms with Gasteiger partial charge in [0.1, 0.15) is 16.6 Å². The molecular formula is C29H24FN3O2S. The van der Waals surface area contributed by atoms with E-state index in [0.717, 1.165) is 47.5 Å². The summed E-state index contributed by atoms with van der Waals surface area (Å²) in [5.41, 5.74) is 5.99. The minimum absolute atomic E-state index is 0.0517. The number of para-hydroxylation sites is 1. The Hall–Kier alpha value is -3.71. The van der Waals surface area contributed by atoms with Crippen molar-refractivity contribution in [2.24, 2.45) is 0 Å². The maximum atomic E-state index is 13.5. The van der Waals surface area contributed by atoms with E-state index >= 15 is 0 Å². The second kappa shape index (κ2) is 9.39. The highest BCUT2D eigenvalue weighted by Crippen LogP contribution is 2.41. The second-order valence-corrected chi connectivity index (χ2v) is 10.1. The van der Waals surface area contributed by atoms with E-state index < -0.39 is 0 Å². The van der Waals surface area contributed by atoms with Crippen LogP contribution in [-0.4, -0.2) is 28.2 Å². The van der Waals surface area contributed by atoms with Gasteiger partial charge in [0.2, 0.25) is 11.8 Å². The Kier molecular flexibility index (Phi) is 5.93. The number of aromatic nitrogens is 2. The molecule has 3 aromatic carbocycles. The molecule has 0 spiro atoms. The fraction of sp³-hybridized carbons (Fsp3) is 0.207. The summed E-state index contributed by atoms with van der Waals surface area (Å²) >= 11 is 1.41. The van der Waals surface area contributed by atoms with Crippen molar-refractivity contribution in [1.82, 2.24) is 9.97 Å². The molecule has 2 aliphatic rings. The predicted molar refractivity (Wildman–Crippen MR) is 139 cm³/mol. The third-order valence-corrected chi connectivity index (χ3v) is 7.57. The lowest BCUT2D eigenvalue weighted by atomic mass is 10.0. The zero-order valence-electron chi connectivity index (χ0n) is 19.8. The van der Waals surface area contributed by atoms with Gasteiger partial charge in [-0.25, -0.2) is 9.37 Å². The number of nitrogens with zero attached hydrogens (tertiary/aromatic N) is 3. The number of rotatable bonds is 4. The van der Waals surface area contributed by atoms with Crippen LogP contribution >= 0.6 is 11.8 Å². The first-order valence-corrected chi connectivity index (χ1v) is 13.0. The van der Waals surface area contributed by atoms with E-state index in [1.165, 1.54) is 29.5 Å². The van der Waals surface area contributed by atoms with Crippen molar-refractivity contribution in [2.75, 3.05) is 17.2 Å². The number of benzene rings is 3. The molecule has 180 valence electrons. The molecule has 0 aliphatic carbocycles. The van der Waals surface area contributed by atoms with Gasteiger partial charge < -0.3 is 9.64 Å². The quantitative estimate of drug-likeness (QED) is 0.214. The van der Waals surface area contributed by atoms with Crippen molar-refractivity contribution in [1.29, 1.82) is 0 Å². The number of ether oxygens (including phenoxy) is 1. The predicted octanol–water partition coefficient (Wildman–Crippen LogP) is 6.36. The van der Waals surface area contributed by atoms with Crippen LogP contribution in [0.15, 0.2) is 71.8 Å². The number of amides is 1. The average Bonchev–Trinajstić information content (AvgIpc) is 2.90. The maximum absolute atomic E-state index is 13.5. The van der Waals surface area contributed by atoms with Crippen molar-refractivity contribution in [3.63, 3.8) is 0 Å². The number of hydrogen-bond acceptors (Lipinski definition) is 5. The molecule has 36 heavy (non-hydrogen) atoms. The molecule has 0 atom stereocenters. The Morgan fingerprint density at radius 2 is 1.89 bits per heavy atom. The molecule has 2 aliphatic heterocycles. The summed E-state index contributed by atoms with van der Waals surface area (Å²) in [5.74, 6) is 1.69. The van der Waals surface area contributed by atoms with E-state index in [-0.39, 0.29) is 17.5 Å². The number of aryl methyl sites for hydroxylation is 2. The van der Waals surface area contributed by atoms with Gasteiger partial charge in [-0.1, -0.05) is 47.7 Å². The number of hydrogen-bond donors (Lipinski definition) is 0. The zero-order valence-corrected chi connectivity index (χ0v) is 20.6. The van der Waals surface area contributed by atoms with Gasteiger partial charge >= 0.3 is 0 Å². The minimum atomic E-state index is -0.320. The molecule has 6 rings (SSSR count). The van der Waals surface area contributed by atoms with Crippen LogP contribution in [0.5, 0.6) is 11.6 Å². The maximum Gasteiger partial charge on any atom is 0.237 e. The molecule has 0 saturated carbocycles. The average molecular weight is 498 g/mol. The third kappa shape index (κ3) is 4.35. The molecule has 1 aromatic heterocycles. The molecule has 4 aromatic rings. The van der Waals surface area contributed by atoms with E-state index in [1.807, 2.05) is 35.2 Å². The van der Waals surface area contributed by atoms with Crippen molar-refractivity contribution in [2.45, 2.75) is 31.2 Å². The van der Waals surface area contributed by atoms with Crippen LogP contribution in [0.2, 0.25) is 0 Å². The molecule has 0 unspecified atom stereocenters. The van der Waals surface area contributed by atoms with Crippen LogP contribution in [0.25, 0.3) is 11.4 Å². The van der Waals surface area contributed by atoms with E-state index in [4.69, 9.17) is 9.72 Å². The molecule has 1 amide bonds. The summed E-state index contributed by atoms with van der Waals surface area (Å²) in [6.07, 6.45) is 2.57. The van der Waals surface area contributed by atoms with E-state index in [0.29, 0.717) is 28.7 Å². The van der Waals surface area contributed by atoms with Gasteiger partial charge in [-0.2, -0.15) is 4.98 Å². The highest BCUT2D eigenvalue weighted by atomic mass is 32.2. The standard InChI is InChI=1S/C29H24FN3O2S/c1-18-8-13-25-21(15-18)16-23-28(35-25)31-27(20-9-11-22(30)12-10-20)32-29(23)36-17-26(34)33-14-4-6-19-5-2-3-7-24(19)33/h2-3,5,7-13,15H,4,6,14,16-17H2,1H3. The van der Waals surface area contributed by atoms with E-state index in [1.54, 1.807) is 12.1 Å². The summed E-state index contributed by atoms with van der Waals surface area (Å²) in [5, 5.41) is 0.713. The number of carbonyl (C=O) groups is 1. The van der Waals surface area contributed by atoms with Gasteiger partial charge in [0, 0.05) is 24.2 Å². The van der Waals surface area contributed by atoms with Crippen LogP contribution in [0.4, 0.5) is 10.1 Å². The van der Waals surface area contributed by atoms with Gasteiger partial charge in [-0.15, -0.1) is 0 Å². The van der Waals surface area contributed by atoms with Crippen LogP contribution in [0.3, 0.4) is 0 Å². The topological polar surface area (TPSA) is 55.3 Å². The first kappa shape index (κ1) is 22.7. The summed E-state index contributed by atoms with van der Waals surface area (Å²) < 4.78 is 19.7. The Morgan fingerprint density at radius 3 is 2.75 bits per heavy atom. The van der Waals surface area contributed by atoms with Crippen LogP contribution in [0.1, 0.15) is 28.7 Å². The highest BCUT2D eigenvalue weighted by molar-refractivity contribution is 8.00. The largest absolute Gasteiger partial charge is 0.438 e. The Labute approximate surface area is 213 Å². The molecule has 0 saturated heterocycles. The molecule has 0 fully saturated rings. The monoisotopic (exact) mass is 497 g/mol. The first-order chi connectivity index (χ1) is 17.5. The normalized spacial score (nSPS) is 13.9. The Balaban J connectivity index is 1.33. The second-order valence-electron chi connectivity index (χ2n) is 9.10. The van der Waals surface area contributed by atoms with Crippen molar-refractivity contribution < 1.29 is 13.9 Å². The zero-order chi connectivity index (χ0) is 24.6. The number of anilines is 1. The number of carbonyl (C=O) groups excluding carboxylic acids is 1. The van der Waals surface area contributed by atoms with Gasteiger partial charge in [0.15, 0.2) is 5.82 Å². The molecule has 0 N–H and O–H groups in total. The highest BCUT2D eigenvalue weighted by Gasteiger charge is 2.27. The number of halogens is 1. The molecule has 5 nitrogen and oxygen atoms in total. The summed E-state index contributed by atoms with van der Waals surface area (Å²) in [6.45, 7) is 2.77. The van der Waals surface area contributed by atoms with Crippen LogP contribution in [-0.2, 0) is 17.6 Å². The van der Waals surface area contributed by atoms with E-state index in [9.17, 15) is 9.18 Å². The smallest absolute Gasteiger partial charge is 0.237 e. The van der Waals surface area contributed by atoms with E-state index in [2.05, 4.69) is 24.0 Å². The molecule has 0 bridgehead atoms. The SMILES string of the molecule is Cc1ccc2c(c1)Cc1c(nc(-c3ccc(F)cc3)nc1SCC(=O)N1CCCc3ccccc31)O2. The molecular weight excluding hydrogens is 473 g/mol. The minimum Gasteiger partial charge on any atom is -0.438 e. The lowest BCUT2D eigenvalue weighted by molar-refractivity contribution is -0.116. The lowest BCUT2D eigenvalue weighted by Gasteiger charge is -2.29. The van der Waals surface area contributed by atoms with Crippen molar-refractivity contribution >= 4 is 23.4 Å². The first-order valence-electron chi connectivity index (χ1n) is 12.0. The Bertz CT molecular complexity index is 1470. The lowest BCUT2D eigenvalue weighted by Crippen LogP contribution is -2.36. The molecule has 0 radical (unpaired) electrons. The van der Waals surface area contributed by atoms with Crippen LogP contribution in [0, 0.1) is 12.7 Å². The molecule has 3 heterocycles. The summed E-state index contributed by atoms with van der Waals surface area (Å²) in [4.78, 5) is 24.7. The van der Waals surface area contributed by atoms with Gasteiger partial charge in [0.05, 0.1) is 11.3 Å². The summed E-state index contributed by atoms with van der Waals surface area (Å²) in [7, 11) is 0. The fourth-order valence-corrected chi connectivity index (χ4v) is 5.67. The number of fused-ring (bicyclic) bond motifs is 3. The van der Waals surface area contributed by atoms with Crippen molar-refractivity contribution in [3.05, 3.63) is 94.8 Å². The molecule has 7 heteroatoms. The number of thioether (sulfide) groups is 1. The third-order valence-electron chi connectivity index (χ3n) is 6.57. The van der Waals surface area contributed by atoms with Gasteiger partial charge in [0.25, 0.3) is 0 Å². The summed E-state index contributed by atoms with van der Waals surface area (Å²) in [6, 6.07) is 20.3. The van der Waals surface area contributed by atoms with Crippen LogP contribution < -0.4 is 9.64 Å².